The van der Waals surface area contributed by atoms with E-state index in [-0.39, 0.29) is 50.6 Å². The van der Waals surface area contributed by atoms with Crippen LogP contribution in [0, 0.1) is 0 Å². The highest BCUT2D eigenvalue weighted by Gasteiger charge is 2.29. The molecule has 0 radical (unpaired) electrons. The predicted octanol–water partition coefficient (Wildman–Crippen LogP) is 2.77. The van der Waals surface area contributed by atoms with E-state index < -0.39 is 115 Å². The third-order valence-corrected chi connectivity index (χ3v) is 8.45. The summed E-state index contributed by atoms with van der Waals surface area (Å²) in [6.07, 6.45) is 0. The maximum atomic E-state index is 13.0. The number of phenols is 1. The van der Waals surface area contributed by atoms with Crippen molar-refractivity contribution >= 4 is 64.1 Å². The number of anilines is 2. The number of carboxylic acid groups (broad SMARTS) is 7. The standard InChI is InChI=1S/C38H30N2O19/c41-25-11-28-21(7-19(25)37(53)54)35(22-8-20(38(55)56)26(42)12-29(22)59-28)17-10-30(24(9-18(17)36(51)52)40(15-33(47)48)16-34(49)50)58-6-5-57-27-4-2-1-3-23(27)39(13-31(43)44)14-32(45)46/h1-4,7-12,41H,5-6,13-16H2,(H,43,44)(H,45,46)(H,47,48)(H,49,50)(H,51,52)(H,53,54)(H,55,56). The number of fused-ring (bicyclic) bond motifs is 2. The average molecular weight is 819 g/mol. The molecule has 59 heavy (non-hydrogen) atoms. The van der Waals surface area contributed by atoms with E-state index in [9.17, 15) is 79.2 Å². The number of rotatable bonds is 19. The topological polar surface area (TPSA) is 336 Å². The molecule has 0 unspecified atom stereocenters. The van der Waals surface area contributed by atoms with Gasteiger partial charge in [-0.25, -0.2) is 14.4 Å². The Labute approximate surface area is 328 Å². The molecule has 1 aliphatic carbocycles. The van der Waals surface area contributed by atoms with Crippen LogP contribution in [0.4, 0.5) is 11.4 Å². The minimum Gasteiger partial charge on any atom is -0.507 e. The number of carboxylic acids is 7. The fourth-order valence-electron chi connectivity index (χ4n) is 6.15. The zero-order chi connectivity index (χ0) is 43.3. The molecule has 0 spiro atoms. The highest BCUT2D eigenvalue weighted by atomic mass is 16.5. The highest BCUT2D eigenvalue weighted by Crippen LogP contribution is 2.46. The van der Waals surface area contributed by atoms with E-state index in [1.165, 1.54) is 24.3 Å². The first-order valence-corrected chi connectivity index (χ1v) is 16.7. The smallest absolute Gasteiger partial charge is 0.339 e. The van der Waals surface area contributed by atoms with Crippen LogP contribution in [-0.4, -0.2) is 122 Å². The molecule has 21 heteroatoms. The lowest BCUT2D eigenvalue weighted by atomic mass is 9.88. The Morgan fingerprint density at radius 2 is 1.08 bits per heavy atom. The number of para-hydroxylation sites is 2. The summed E-state index contributed by atoms with van der Waals surface area (Å²) in [6.45, 7) is -4.32. The average Bonchev–Trinajstić information content (AvgIpc) is 3.13. The van der Waals surface area contributed by atoms with Gasteiger partial charge in [0.25, 0.3) is 0 Å². The molecule has 3 aromatic carbocycles. The number of hydrogen-bond donors (Lipinski definition) is 8. The molecule has 0 saturated carbocycles. The second kappa shape index (κ2) is 17.2. The van der Waals surface area contributed by atoms with Crippen LogP contribution in [0.1, 0.15) is 31.1 Å². The number of benzene rings is 4. The van der Waals surface area contributed by atoms with Gasteiger partial charge in [-0.1, -0.05) is 12.1 Å². The molecule has 0 bridgehead atoms. The molecule has 8 N–H and O–H groups in total. The van der Waals surface area contributed by atoms with Crippen LogP contribution >= 0.6 is 0 Å². The van der Waals surface area contributed by atoms with Crippen LogP contribution in [0.2, 0.25) is 0 Å². The second-order valence-electron chi connectivity index (χ2n) is 12.4. The van der Waals surface area contributed by atoms with Crippen LogP contribution in [0.3, 0.4) is 0 Å². The van der Waals surface area contributed by atoms with Gasteiger partial charge in [0.15, 0.2) is 5.43 Å². The summed E-state index contributed by atoms with van der Waals surface area (Å²) < 4.78 is 17.5. The lowest BCUT2D eigenvalue weighted by molar-refractivity contribution is -0.138. The Morgan fingerprint density at radius 3 is 1.63 bits per heavy atom. The molecule has 1 aliphatic heterocycles. The Morgan fingerprint density at radius 1 is 0.559 bits per heavy atom. The number of nitrogens with zero attached hydrogens (tertiary/aromatic N) is 2. The number of carbonyl (C=O) groups is 7. The van der Waals surface area contributed by atoms with Gasteiger partial charge in [-0.15, -0.1) is 0 Å². The Balaban J connectivity index is 1.73. The molecular weight excluding hydrogens is 788 g/mol. The first-order chi connectivity index (χ1) is 27.9. The van der Waals surface area contributed by atoms with Gasteiger partial charge in [0.05, 0.1) is 16.9 Å². The number of aromatic hydroxyl groups is 1. The normalized spacial score (nSPS) is 10.8. The summed E-state index contributed by atoms with van der Waals surface area (Å²) >= 11 is 0. The van der Waals surface area contributed by atoms with Gasteiger partial charge in [0, 0.05) is 34.2 Å². The molecule has 306 valence electrons. The van der Waals surface area contributed by atoms with Crippen molar-refractivity contribution in [1.82, 2.24) is 0 Å². The van der Waals surface area contributed by atoms with Gasteiger partial charge in [0.1, 0.15) is 79.1 Å². The molecule has 0 amide bonds. The zero-order valence-corrected chi connectivity index (χ0v) is 30.0. The summed E-state index contributed by atoms with van der Waals surface area (Å²) in [4.78, 5) is 98.5. The van der Waals surface area contributed by atoms with Crippen molar-refractivity contribution in [3.05, 3.63) is 87.6 Å². The third-order valence-electron chi connectivity index (χ3n) is 8.45. The van der Waals surface area contributed by atoms with Gasteiger partial charge >= 0.3 is 41.8 Å². The molecule has 2 aliphatic rings. The molecule has 1 heterocycles. The molecular formula is C38H30N2O19. The summed E-state index contributed by atoms with van der Waals surface area (Å²) in [5, 5.41) is 78.4. The highest BCUT2D eigenvalue weighted by molar-refractivity contribution is 6.11. The Bertz CT molecular complexity index is 2550. The van der Waals surface area contributed by atoms with Crippen molar-refractivity contribution in [2.75, 3.05) is 49.2 Å². The third kappa shape index (κ3) is 9.37. The maximum absolute atomic E-state index is 13.0. The minimum absolute atomic E-state index is 0.00885. The Kier molecular flexibility index (Phi) is 12.2. The van der Waals surface area contributed by atoms with Crippen molar-refractivity contribution in [3.63, 3.8) is 0 Å². The lowest BCUT2D eigenvalue weighted by Gasteiger charge is -2.26. The van der Waals surface area contributed by atoms with Crippen LogP contribution in [0.5, 0.6) is 17.2 Å². The monoisotopic (exact) mass is 818 g/mol. The number of aromatic carboxylic acids is 3. The van der Waals surface area contributed by atoms with Gasteiger partial charge in [-0.2, -0.15) is 0 Å². The van der Waals surface area contributed by atoms with Gasteiger partial charge < -0.3 is 64.5 Å². The fraction of sp³-hybridized carbons (Fsp3) is 0.158. The van der Waals surface area contributed by atoms with Crippen molar-refractivity contribution in [1.29, 1.82) is 0 Å². The molecule has 0 fully saturated rings. The van der Waals surface area contributed by atoms with Gasteiger partial charge in [0.2, 0.25) is 0 Å². The summed E-state index contributed by atoms with van der Waals surface area (Å²) in [5.41, 5.74) is -4.70. The van der Waals surface area contributed by atoms with E-state index in [1.54, 1.807) is 0 Å². The molecule has 5 rings (SSSR count). The molecule has 3 aromatic rings. The van der Waals surface area contributed by atoms with E-state index in [0.29, 0.717) is 0 Å². The summed E-state index contributed by atoms with van der Waals surface area (Å²) in [5.74, 6) is -12.3. The first-order valence-electron chi connectivity index (χ1n) is 16.7. The number of aliphatic carboxylic acids is 4. The largest absolute Gasteiger partial charge is 0.507 e. The second-order valence-corrected chi connectivity index (χ2v) is 12.4. The quantitative estimate of drug-likeness (QED) is 0.0438. The number of hydrogen-bond acceptors (Lipinski definition) is 14. The van der Waals surface area contributed by atoms with Gasteiger partial charge in [-0.05, 0) is 36.4 Å². The van der Waals surface area contributed by atoms with Gasteiger partial charge in [-0.3, -0.25) is 24.0 Å². The van der Waals surface area contributed by atoms with Crippen LogP contribution in [0.15, 0.2) is 69.9 Å². The first kappa shape index (κ1) is 41.8. The van der Waals surface area contributed by atoms with E-state index in [2.05, 4.69) is 0 Å². The van der Waals surface area contributed by atoms with Crippen molar-refractivity contribution in [2.24, 2.45) is 0 Å². The minimum atomic E-state index is -1.70. The fourth-order valence-corrected chi connectivity index (χ4v) is 6.15. The Hall–Kier alpha value is -8.36. The maximum Gasteiger partial charge on any atom is 0.339 e. The van der Waals surface area contributed by atoms with E-state index >= 15 is 0 Å². The van der Waals surface area contributed by atoms with Crippen molar-refractivity contribution in [2.45, 2.75) is 0 Å². The van der Waals surface area contributed by atoms with Crippen LogP contribution < -0.4 is 24.7 Å². The SMILES string of the molecule is O=C(O)CN(CC(=O)O)c1ccccc1OCCOc1cc(-c2c3cc(C(=O)O)c(=O)cc-3oc3cc(O)c(C(=O)O)cc23)c(C(=O)O)cc1N(CC(=O)O)CC(=O)O. The molecule has 0 aromatic heterocycles. The van der Waals surface area contributed by atoms with E-state index in [0.717, 1.165) is 46.2 Å². The summed E-state index contributed by atoms with van der Waals surface area (Å²) in [6, 6.07) is 11.1. The predicted molar refractivity (Wildman–Crippen MR) is 199 cm³/mol. The van der Waals surface area contributed by atoms with E-state index in [1.807, 2.05) is 0 Å². The lowest BCUT2D eigenvalue weighted by Crippen LogP contribution is -2.35. The van der Waals surface area contributed by atoms with E-state index in [4.69, 9.17) is 13.9 Å². The zero-order valence-electron chi connectivity index (χ0n) is 30.0. The van der Waals surface area contributed by atoms with Crippen molar-refractivity contribution < 1.29 is 88.3 Å². The molecule has 0 saturated heterocycles. The summed E-state index contributed by atoms with van der Waals surface area (Å²) in [7, 11) is 0. The van der Waals surface area contributed by atoms with Crippen molar-refractivity contribution in [3.8, 4) is 39.7 Å². The van der Waals surface area contributed by atoms with Crippen LogP contribution in [-0.2, 0) is 19.2 Å². The van der Waals surface area contributed by atoms with Crippen LogP contribution in [0.25, 0.3) is 33.4 Å². The molecule has 0 atom stereocenters. The number of ether oxygens (including phenoxy) is 2. The molecule has 21 nitrogen and oxygen atoms in total.